The van der Waals surface area contributed by atoms with Crippen LogP contribution in [0.15, 0.2) is 33.6 Å². The normalized spacial score (nSPS) is 42.7. The Morgan fingerprint density at radius 1 is 0.662 bits per heavy atom. The van der Waals surface area contributed by atoms with Crippen LogP contribution >= 0.6 is 32.4 Å². The van der Waals surface area contributed by atoms with Crippen molar-refractivity contribution >= 4 is 49.6 Å². The number of hydrogen-bond acceptors (Lipinski definition) is 8. The van der Waals surface area contributed by atoms with Gasteiger partial charge in [0, 0.05) is 23.2 Å². The monoisotopic (exact) mass is 1140 g/mol. The molecule has 0 heterocycles. The van der Waals surface area contributed by atoms with Gasteiger partial charge in [-0.2, -0.15) is 0 Å². The second-order valence-electron chi connectivity index (χ2n) is 29.1. The van der Waals surface area contributed by atoms with Crippen molar-refractivity contribution in [2.45, 2.75) is 259 Å². The van der Waals surface area contributed by atoms with Crippen molar-refractivity contribution in [3.8, 4) is 0 Å². The van der Waals surface area contributed by atoms with E-state index in [1.54, 1.807) is 14.2 Å². The number of allylic oxidation sites excluding steroid dienone is 4. The number of halogens is 2. The van der Waals surface area contributed by atoms with Crippen molar-refractivity contribution in [3.05, 3.63) is 23.3 Å². The fourth-order valence-electron chi connectivity index (χ4n) is 20.4. The number of nitrogens with zero attached hydrogens (tertiary/aromatic N) is 2. The SMILES string of the molecule is C.C.CO/N=C1\CC[C@@]2(C)C(CC[C@]3(C)C2CC(=O)C2C([C@@](C)(O)CCC=C(C)C)CC[C@]23C)C1(C)C.CO/N=C1\CC[C@@]2(C)C(CC[C@]3(C)C2C[C@@H](O)C2C([C@@](C)(O)CCC=C(C)C)CC[C@]23C)C1(C)C.ClCCl.[2H]PC. The Balaban J connectivity index is 0.000000364. The summed E-state index contributed by atoms with van der Waals surface area (Å²) in [5.74, 6) is 2.75. The number of fused-ring (bicyclic) bond motifs is 10. The Bertz CT molecular complexity index is 2130. The van der Waals surface area contributed by atoms with Gasteiger partial charge in [0.15, 0.2) is 0 Å². The molecule has 11 heteroatoms. The Hall–Kier alpha value is -1.02. The number of carbonyl (C=O) groups excluding carboxylic acids is 1. The summed E-state index contributed by atoms with van der Waals surface area (Å²) in [5.41, 5.74) is 4.07. The van der Waals surface area contributed by atoms with Gasteiger partial charge in [0.2, 0.25) is 0 Å². The third kappa shape index (κ3) is 12.2. The van der Waals surface area contributed by atoms with Crippen molar-refractivity contribution in [1.29, 1.82) is 1.28 Å². The highest BCUT2D eigenvalue weighted by molar-refractivity contribution is 7.15. The molecule has 8 nitrogen and oxygen atoms in total. The molecule has 8 rings (SSSR count). The molecule has 18 atom stereocenters. The van der Waals surface area contributed by atoms with E-state index in [2.05, 4.69) is 119 Å². The summed E-state index contributed by atoms with van der Waals surface area (Å²) in [7, 11) is 3.65. The first-order valence-electron chi connectivity index (χ1n) is 30.0. The average molecular weight is 1140 g/mol. The van der Waals surface area contributed by atoms with E-state index in [0.717, 1.165) is 89.9 Å². The number of aliphatic hydroxyl groups is 3. The zero-order valence-corrected chi connectivity index (χ0v) is 53.5. The highest BCUT2D eigenvalue weighted by Crippen LogP contribution is 2.77. The van der Waals surface area contributed by atoms with Crippen LogP contribution in [0.1, 0.15) is 241 Å². The minimum Gasteiger partial charge on any atom is -0.399 e. The van der Waals surface area contributed by atoms with Crippen LogP contribution in [0.4, 0.5) is 0 Å². The quantitative estimate of drug-likeness (QED) is 0.0867. The molecule has 448 valence electrons. The van der Waals surface area contributed by atoms with Crippen molar-refractivity contribution in [2.75, 3.05) is 26.2 Å². The van der Waals surface area contributed by atoms with Crippen molar-refractivity contribution in [2.24, 2.45) is 101 Å². The number of carbonyl (C=O) groups is 1. The molecule has 0 spiro atoms. The molecule has 77 heavy (non-hydrogen) atoms. The van der Waals surface area contributed by atoms with Crippen LogP contribution < -0.4 is 0 Å². The predicted molar refractivity (Wildman–Crippen MR) is 333 cm³/mol. The summed E-state index contributed by atoms with van der Waals surface area (Å²) in [6, 6.07) is 0. The minimum absolute atomic E-state index is 0. The first-order valence-corrected chi connectivity index (χ1v) is 31.5. The summed E-state index contributed by atoms with van der Waals surface area (Å²) >= 11 is 9.53. The number of aliphatic hydroxyl groups excluding tert-OH is 1. The van der Waals surface area contributed by atoms with Crippen LogP contribution in [0.5, 0.6) is 0 Å². The van der Waals surface area contributed by atoms with E-state index in [-0.39, 0.29) is 93.3 Å². The maximum absolute atomic E-state index is 14.1. The van der Waals surface area contributed by atoms with E-state index in [1.165, 1.54) is 41.8 Å². The Morgan fingerprint density at radius 3 is 1.47 bits per heavy atom. The van der Waals surface area contributed by atoms with Gasteiger partial charge in [-0.05, 0) is 225 Å². The van der Waals surface area contributed by atoms with Crippen LogP contribution in [0.3, 0.4) is 0 Å². The van der Waals surface area contributed by atoms with Gasteiger partial charge >= 0.3 is 0 Å². The molecule has 0 aromatic rings. The summed E-state index contributed by atoms with van der Waals surface area (Å²) in [6.07, 6.45) is 22.0. The van der Waals surface area contributed by atoms with Crippen molar-refractivity contribution in [1.82, 2.24) is 0 Å². The summed E-state index contributed by atoms with van der Waals surface area (Å²) in [6.45, 7) is 38.8. The van der Waals surface area contributed by atoms with E-state index < -0.39 is 11.2 Å². The van der Waals surface area contributed by atoms with E-state index in [0.29, 0.717) is 45.1 Å². The second-order valence-corrected chi connectivity index (χ2v) is 29.9. The molecule has 0 aliphatic heterocycles. The molecular formula is C66H119Cl2N2O6P. The predicted octanol–water partition coefficient (Wildman–Crippen LogP) is 17.7. The molecule has 0 aromatic heterocycles. The molecule has 9 unspecified atom stereocenters. The molecular weight excluding hydrogens is 1020 g/mol. The molecule has 0 bridgehead atoms. The maximum atomic E-state index is 14.1. The highest BCUT2D eigenvalue weighted by Gasteiger charge is 2.73. The molecule has 8 aliphatic rings. The molecule has 3 N–H and O–H groups in total. The standard InChI is InChI=1S/C31H53NO3.C31H51NO3.CH2Cl2.CH5P.2CH4/c2*1-20(2)11-10-15-31(8,34)21-12-17-30(7)26(21)22(33)19-24-28(5)16-14-25(32-35-9)27(3,4)23(28)13-18-29(24,30)6;2-1-3;1-2;;/h11,21-24,26,33-34H,10,12-19H2,1-9H3;11,21,23-24,26,34H,10,12-19H2,1-9H3;1H2;2H2,1H3;2*1H4/b2*32-25+;;;;/t21?,22-,23?,24?,26?,28+,29-,30-,31+;21?,23?,24?,26?,28-,29+,30+,31-;;;;/m10..../s1/i;;;2D;;. The van der Waals surface area contributed by atoms with E-state index in [9.17, 15) is 20.1 Å². The summed E-state index contributed by atoms with van der Waals surface area (Å²) in [4.78, 5) is 24.6. The van der Waals surface area contributed by atoms with E-state index in [4.69, 9.17) is 34.2 Å². The number of hydrogen-bond donors (Lipinski definition) is 3. The summed E-state index contributed by atoms with van der Waals surface area (Å²) < 4.78 is 6.24. The van der Waals surface area contributed by atoms with Gasteiger partial charge in [0.1, 0.15) is 20.0 Å². The van der Waals surface area contributed by atoms with Gasteiger partial charge in [0.25, 0.3) is 0 Å². The fourth-order valence-corrected chi connectivity index (χ4v) is 20.4. The van der Waals surface area contributed by atoms with Crippen molar-refractivity contribution < 1.29 is 29.8 Å². The maximum Gasteiger partial charge on any atom is 0.137 e. The smallest absolute Gasteiger partial charge is 0.137 e. The zero-order valence-electron chi connectivity index (χ0n) is 52.0. The lowest BCUT2D eigenvalue weighted by atomic mass is 9.35. The highest BCUT2D eigenvalue weighted by atomic mass is 35.5. The minimum atomic E-state index is -0.799. The molecule has 8 aliphatic carbocycles. The first kappa shape index (κ1) is 68.5. The number of oxime groups is 2. The van der Waals surface area contributed by atoms with Crippen LogP contribution in [0, 0.1) is 90.7 Å². The van der Waals surface area contributed by atoms with Crippen LogP contribution in [0.2, 0.25) is 0 Å². The Labute approximate surface area is 487 Å². The van der Waals surface area contributed by atoms with Crippen molar-refractivity contribution in [3.63, 3.8) is 0 Å². The zero-order chi connectivity index (χ0) is 57.5. The number of Topliss-reactive ketones (excluding diaryl/α,β-unsaturated/α-hetero) is 1. The van der Waals surface area contributed by atoms with Crippen LogP contribution in [-0.4, -0.2) is 77.3 Å². The molecule has 8 saturated carbocycles. The van der Waals surface area contributed by atoms with Gasteiger partial charge in [-0.15, -0.1) is 32.4 Å². The average Bonchev–Trinajstić information content (AvgIpc) is 3.89. The van der Waals surface area contributed by atoms with Gasteiger partial charge in [0.05, 0.1) is 35.3 Å². The lowest BCUT2D eigenvalue weighted by molar-refractivity contribution is -0.226. The largest absolute Gasteiger partial charge is 0.399 e. The van der Waals surface area contributed by atoms with Gasteiger partial charge in [-0.1, -0.05) is 124 Å². The molecule has 8 fully saturated rings. The third-order valence-corrected chi connectivity index (χ3v) is 24.5. The first-order chi connectivity index (χ1) is 35.1. The topological polar surface area (TPSA) is 121 Å². The summed E-state index contributed by atoms with van der Waals surface area (Å²) in [5, 5.41) is 44.3. The van der Waals surface area contributed by atoms with Gasteiger partial charge in [-0.3, -0.25) is 4.79 Å². The van der Waals surface area contributed by atoms with Crippen LogP contribution in [-0.2, 0) is 14.5 Å². The Kier molecular flexibility index (Phi) is 23.0. The van der Waals surface area contributed by atoms with Gasteiger partial charge < -0.3 is 25.0 Å². The second kappa shape index (κ2) is 25.9. The number of rotatable bonds is 10. The lowest BCUT2D eigenvalue weighted by Gasteiger charge is -2.70. The van der Waals surface area contributed by atoms with E-state index in [1.807, 2.05) is 20.5 Å². The number of ketones is 1. The molecule has 0 saturated heterocycles. The lowest BCUT2D eigenvalue weighted by Crippen LogP contribution is -2.66. The molecule has 0 aromatic carbocycles. The van der Waals surface area contributed by atoms with E-state index >= 15 is 0 Å². The molecule has 0 amide bonds. The third-order valence-electron chi connectivity index (χ3n) is 24.5. The molecule has 0 radical (unpaired) electrons. The number of alkyl halides is 2. The fraction of sp³-hybridized carbons (Fsp3) is 0.894. The van der Waals surface area contributed by atoms with Gasteiger partial charge in [-0.25, -0.2) is 0 Å². The Morgan fingerprint density at radius 2 is 1.04 bits per heavy atom. The van der Waals surface area contributed by atoms with Crippen LogP contribution in [0.25, 0.3) is 0 Å².